The molecular formula is C12H8BrNO. The molecule has 0 aliphatic rings. The molecule has 0 unspecified atom stereocenters. The lowest BCUT2D eigenvalue weighted by molar-refractivity contribution is 0.481. The van der Waals surface area contributed by atoms with Gasteiger partial charge in [0, 0.05) is 20.8 Å². The van der Waals surface area contributed by atoms with Crippen LogP contribution in [-0.4, -0.2) is 10.1 Å². The number of hydrogen-bond donors (Lipinski definition) is 2. The first-order chi connectivity index (χ1) is 7.25. The topological polar surface area (TPSA) is 36.0 Å². The molecule has 0 atom stereocenters. The lowest BCUT2D eigenvalue weighted by atomic mass is 10.1. The van der Waals surface area contributed by atoms with Crippen LogP contribution in [0, 0.1) is 0 Å². The fourth-order valence-electron chi connectivity index (χ4n) is 1.93. The van der Waals surface area contributed by atoms with E-state index >= 15 is 0 Å². The Balaban J connectivity index is 2.61. The van der Waals surface area contributed by atoms with Crippen LogP contribution in [0.4, 0.5) is 0 Å². The standard InChI is InChI=1S/C12H8BrNO/c13-7-5-10-12(11(15)6-7)8-3-1-2-4-9(8)14-10/h1-6,14-15H. The Morgan fingerprint density at radius 2 is 1.87 bits per heavy atom. The number of aromatic hydroxyl groups is 1. The molecule has 2 aromatic carbocycles. The zero-order valence-corrected chi connectivity index (χ0v) is 9.38. The second-order valence-corrected chi connectivity index (χ2v) is 4.43. The van der Waals surface area contributed by atoms with E-state index in [9.17, 15) is 5.11 Å². The van der Waals surface area contributed by atoms with Crippen LogP contribution in [0.15, 0.2) is 40.9 Å². The Bertz CT molecular complexity index is 657. The SMILES string of the molecule is Oc1cc(Br)cc2[nH]c3ccccc3c12. The summed E-state index contributed by atoms with van der Waals surface area (Å²) in [5.41, 5.74) is 1.99. The Hall–Kier alpha value is -1.48. The van der Waals surface area contributed by atoms with Crippen molar-refractivity contribution < 1.29 is 5.11 Å². The minimum absolute atomic E-state index is 0.303. The zero-order valence-electron chi connectivity index (χ0n) is 7.79. The summed E-state index contributed by atoms with van der Waals surface area (Å²) in [6.45, 7) is 0. The average molecular weight is 262 g/mol. The van der Waals surface area contributed by atoms with Gasteiger partial charge in [-0.1, -0.05) is 34.1 Å². The van der Waals surface area contributed by atoms with E-state index < -0.39 is 0 Å². The lowest BCUT2D eigenvalue weighted by Crippen LogP contribution is -1.70. The fourth-order valence-corrected chi connectivity index (χ4v) is 2.38. The molecule has 0 amide bonds. The van der Waals surface area contributed by atoms with E-state index in [1.165, 1.54) is 0 Å². The van der Waals surface area contributed by atoms with Gasteiger partial charge in [0.05, 0.1) is 5.52 Å². The maximum Gasteiger partial charge on any atom is 0.126 e. The Morgan fingerprint density at radius 1 is 1.07 bits per heavy atom. The summed E-state index contributed by atoms with van der Waals surface area (Å²) in [7, 11) is 0. The van der Waals surface area contributed by atoms with Gasteiger partial charge in [-0.25, -0.2) is 0 Å². The first-order valence-corrected chi connectivity index (χ1v) is 5.44. The minimum atomic E-state index is 0.303. The van der Waals surface area contributed by atoms with Gasteiger partial charge in [-0.15, -0.1) is 0 Å². The van der Waals surface area contributed by atoms with Gasteiger partial charge in [-0.2, -0.15) is 0 Å². The van der Waals surface area contributed by atoms with E-state index in [1.54, 1.807) is 6.07 Å². The molecule has 1 heterocycles. The molecule has 1 aromatic heterocycles. The summed E-state index contributed by atoms with van der Waals surface area (Å²) < 4.78 is 0.874. The van der Waals surface area contributed by atoms with Gasteiger partial charge in [0.15, 0.2) is 0 Å². The maximum absolute atomic E-state index is 9.89. The number of aromatic nitrogens is 1. The molecule has 0 saturated heterocycles. The molecule has 3 heteroatoms. The van der Waals surface area contributed by atoms with Crippen molar-refractivity contribution in [2.45, 2.75) is 0 Å². The van der Waals surface area contributed by atoms with E-state index in [0.717, 1.165) is 26.3 Å². The molecule has 0 radical (unpaired) electrons. The summed E-state index contributed by atoms with van der Waals surface area (Å²) in [4.78, 5) is 3.27. The highest BCUT2D eigenvalue weighted by atomic mass is 79.9. The molecule has 3 rings (SSSR count). The zero-order chi connectivity index (χ0) is 10.4. The van der Waals surface area contributed by atoms with Crippen LogP contribution in [0.1, 0.15) is 0 Å². The highest BCUT2D eigenvalue weighted by Crippen LogP contribution is 2.34. The van der Waals surface area contributed by atoms with Gasteiger partial charge in [-0.3, -0.25) is 0 Å². The summed E-state index contributed by atoms with van der Waals surface area (Å²) in [6.07, 6.45) is 0. The Kier molecular flexibility index (Phi) is 1.76. The number of aromatic amines is 1. The van der Waals surface area contributed by atoms with Crippen molar-refractivity contribution in [1.82, 2.24) is 4.98 Å². The fraction of sp³-hybridized carbons (Fsp3) is 0. The molecule has 0 aliphatic heterocycles. The normalized spacial score (nSPS) is 11.3. The minimum Gasteiger partial charge on any atom is -0.507 e. The molecule has 2 nitrogen and oxygen atoms in total. The number of rotatable bonds is 0. The van der Waals surface area contributed by atoms with Gasteiger partial charge in [0.2, 0.25) is 0 Å². The molecular weight excluding hydrogens is 254 g/mol. The van der Waals surface area contributed by atoms with Crippen LogP contribution in [-0.2, 0) is 0 Å². The monoisotopic (exact) mass is 261 g/mol. The Morgan fingerprint density at radius 3 is 2.73 bits per heavy atom. The third-order valence-electron chi connectivity index (χ3n) is 2.55. The van der Waals surface area contributed by atoms with Crippen LogP contribution >= 0.6 is 15.9 Å². The van der Waals surface area contributed by atoms with Gasteiger partial charge < -0.3 is 10.1 Å². The van der Waals surface area contributed by atoms with Crippen molar-refractivity contribution in [3.63, 3.8) is 0 Å². The molecule has 0 saturated carbocycles. The molecule has 0 fully saturated rings. The molecule has 74 valence electrons. The van der Waals surface area contributed by atoms with Gasteiger partial charge >= 0.3 is 0 Å². The molecule has 0 bridgehead atoms. The van der Waals surface area contributed by atoms with Crippen molar-refractivity contribution in [3.8, 4) is 5.75 Å². The molecule has 15 heavy (non-hydrogen) atoms. The van der Waals surface area contributed by atoms with E-state index in [1.807, 2.05) is 30.3 Å². The maximum atomic E-state index is 9.89. The number of H-pyrrole nitrogens is 1. The Labute approximate surface area is 94.7 Å². The first kappa shape index (κ1) is 8.80. The third kappa shape index (κ3) is 1.23. The third-order valence-corrected chi connectivity index (χ3v) is 3.01. The van der Waals surface area contributed by atoms with E-state index in [2.05, 4.69) is 20.9 Å². The van der Waals surface area contributed by atoms with Crippen LogP contribution in [0.3, 0.4) is 0 Å². The first-order valence-electron chi connectivity index (χ1n) is 4.64. The average Bonchev–Trinajstić information content (AvgIpc) is 2.54. The number of nitrogens with one attached hydrogen (secondary N) is 1. The van der Waals surface area contributed by atoms with Crippen molar-refractivity contribution in [2.75, 3.05) is 0 Å². The number of phenols is 1. The van der Waals surface area contributed by atoms with Crippen molar-refractivity contribution in [1.29, 1.82) is 0 Å². The molecule has 3 aromatic rings. The number of halogens is 1. The van der Waals surface area contributed by atoms with Crippen LogP contribution < -0.4 is 0 Å². The quantitative estimate of drug-likeness (QED) is 0.635. The highest BCUT2D eigenvalue weighted by Gasteiger charge is 2.08. The van der Waals surface area contributed by atoms with Crippen LogP contribution in [0.25, 0.3) is 21.8 Å². The molecule has 0 spiro atoms. The van der Waals surface area contributed by atoms with E-state index in [-0.39, 0.29) is 0 Å². The second-order valence-electron chi connectivity index (χ2n) is 3.52. The number of benzene rings is 2. The number of phenolic OH excluding ortho intramolecular Hbond substituents is 1. The predicted octanol–water partition coefficient (Wildman–Crippen LogP) is 3.79. The summed E-state index contributed by atoms with van der Waals surface area (Å²) >= 11 is 3.36. The molecule has 2 N–H and O–H groups in total. The van der Waals surface area contributed by atoms with Crippen LogP contribution in [0.2, 0.25) is 0 Å². The summed E-state index contributed by atoms with van der Waals surface area (Å²) in [5, 5.41) is 11.8. The van der Waals surface area contributed by atoms with Gasteiger partial charge in [-0.05, 0) is 18.2 Å². The lowest BCUT2D eigenvalue weighted by Gasteiger charge is -1.96. The second kappa shape index (κ2) is 3.00. The number of para-hydroxylation sites is 1. The van der Waals surface area contributed by atoms with Crippen LogP contribution in [0.5, 0.6) is 5.75 Å². The summed E-state index contributed by atoms with van der Waals surface area (Å²) in [5.74, 6) is 0.303. The van der Waals surface area contributed by atoms with Crippen molar-refractivity contribution >= 4 is 37.7 Å². The van der Waals surface area contributed by atoms with E-state index in [4.69, 9.17) is 0 Å². The number of fused-ring (bicyclic) bond motifs is 3. The van der Waals surface area contributed by atoms with Gasteiger partial charge in [0.1, 0.15) is 5.75 Å². The van der Waals surface area contributed by atoms with E-state index in [0.29, 0.717) is 5.75 Å². The van der Waals surface area contributed by atoms with Crippen molar-refractivity contribution in [3.05, 3.63) is 40.9 Å². The van der Waals surface area contributed by atoms with Gasteiger partial charge in [0.25, 0.3) is 0 Å². The number of hydrogen-bond acceptors (Lipinski definition) is 1. The predicted molar refractivity (Wildman–Crippen MR) is 65.2 cm³/mol. The summed E-state index contributed by atoms with van der Waals surface area (Å²) in [6, 6.07) is 11.6. The smallest absolute Gasteiger partial charge is 0.126 e. The highest BCUT2D eigenvalue weighted by molar-refractivity contribution is 9.10. The van der Waals surface area contributed by atoms with Crippen molar-refractivity contribution in [2.24, 2.45) is 0 Å². The molecule has 0 aliphatic carbocycles. The largest absolute Gasteiger partial charge is 0.507 e.